The Labute approximate surface area is 119 Å². The Morgan fingerprint density at radius 3 is 2.50 bits per heavy atom. The van der Waals surface area contributed by atoms with Gasteiger partial charge in [-0.25, -0.2) is 0 Å². The van der Waals surface area contributed by atoms with E-state index in [0.717, 1.165) is 22.4 Å². The fourth-order valence-electron chi connectivity index (χ4n) is 2.13. The second-order valence-corrected chi connectivity index (χ2v) is 5.23. The molecule has 0 radical (unpaired) electrons. The molecule has 2 aromatic rings. The molecule has 0 spiro atoms. The summed E-state index contributed by atoms with van der Waals surface area (Å²) >= 11 is 0. The van der Waals surface area contributed by atoms with Gasteiger partial charge in [0.2, 0.25) is 5.91 Å². The summed E-state index contributed by atoms with van der Waals surface area (Å²) in [6, 6.07) is 11.7. The summed E-state index contributed by atoms with van der Waals surface area (Å²) in [7, 11) is 0. The summed E-state index contributed by atoms with van der Waals surface area (Å²) < 4.78 is 0. The van der Waals surface area contributed by atoms with E-state index in [1.54, 1.807) is 6.07 Å². The van der Waals surface area contributed by atoms with Crippen LogP contribution in [0.25, 0.3) is 0 Å². The van der Waals surface area contributed by atoms with Crippen LogP contribution in [0.1, 0.15) is 22.3 Å². The molecule has 3 heteroatoms. The van der Waals surface area contributed by atoms with Gasteiger partial charge in [0.15, 0.2) is 0 Å². The Kier molecular flexibility index (Phi) is 4.08. The molecule has 20 heavy (non-hydrogen) atoms. The molecule has 3 N–H and O–H groups in total. The second kappa shape index (κ2) is 5.78. The maximum atomic E-state index is 12.2. The van der Waals surface area contributed by atoms with E-state index in [0.29, 0.717) is 12.1 Å². The highest BCUT2D eigenvalue weighted by Crippen LogP contribution is 2.19. The Bertz CT molecular complexity index is 592. The quantitative estimate of drug-likeness (QED) is 0.838. The first-order valence-electron chi connectivity index (χ1n) is 6.68. The summed E-state index contributed by atoms with van der Waals surface area (Å²) in [5.41, 5.74) is 11.5. The van der Waals surface area contributed by atoms with E-state index < -0.39 is 0 Å². The van der Waals surface area contributed by atoms with Crippen molar-refractivity contribution in [3.05, 3.63) is 58.7 Å². The van der Waals surface area contributed by atoms with Crippen molar-refractivity contribution in [2.24, 2.45) is 0 Å². The zero-order chi connectivity index (χ0) is 14.7. The average molecular weight is 268 g/mol. The highest BCUT2D eigenvalue weighted by molar-refractivity contribution is 5.93. The van der Waals surface area contributed by atoms with E-state index in [1.165, 1.54) is 5.56 Å². The molecule has 104 valence electrons. The van der Waals surface area contributed by atoms with Crippen LogP contribution in [0.4, 0.5) is 11.4 Å². The minimum absolute atomic E-state index is 0.0209. The number of nitrogen functional groups attached to an aromatic ring is 1. The topological polar surface area (TPSA) is 55.1 Å². The molecule has 0 aromatic heterocycles. The highest BCUT2D eigenvalue weighted by atomic mass is 16.1. The van der Waals surface area contributed by atoms with Gasteiger partial charge in [-0.15, -0.1) is 0 Å². The van der Waals surface area contributed by atoms with Crippen LogP contribution in [-0.4, -0.2) is 5.91 Å². The second-order valence-electron chi connectivity index (χ2n) is 5.23. The zero-order valence-electron chi connectivity index (χ0n) is 12.2. The lowest BCUT2D eigenvalue weighted by molar-refractivity contribution is -0.115. The van der Waals surface area contributed by atoms with Gasteiger partial charge in [0.05, 0.1) is 6.42 Å². The summed E-state index contributed by atoms with van der Waals surface area (Å²) in [6.07, 6.45) is 0.377. The largest absolute Gasteiger partial charge is 0.399 e. The van der Waals surface area contributed by atoms with E-state index in [-0.39, 0.29) is 5.91 Å². The van der Waals surface area contributed by atoms with Crippen molar-refractivity contribution in [3.8, 4) is 0 Å². The fraction of sp³-hybridized carbons (Fsp3) is 0.235. The van der Waals surface area contributed by atoms with Crippen LogP contribution in [-0.2, 0) is 11.2 Å². The van der Waals surface area contributed by atoms with Crippen LogP contribution >= 0.6 is 0 Å². The molecule has 2 aromatic carbocycles. The van der Waals surface area contributed by atoms with Gasteiger partial charge in [-0.2, -0.15) is 0 Å². The van der Waals surface area contributed by atoms with Gasteiger partial charge in [-0.3, -0.25) is 4.79 Å². The van der Waals surface area contributed by atoms with E-state index in [9.17, 15) is 4.79 Å². The maximum absolute atomic E-state index is 12.2. The molecular weight excluding hydrogens is 248 g/mol. The molecule has 2 rings (SSSR count). The lowest BCUT2D eigenvalue weighted by atomic mass is 10.0. The predicted octanol–water partition coefficient (Wildman–Crippen LogP) is 3.38. The SMILES string of the molecule is Cc1ccc(C)c(CC(=O)Nc2cc(N)ccc2C)c1. The van der Waals surface area contributed by atoms with Crippen LogP contribution < -0.4 is 11.1 Å². The van der Waals surface area contributed by atoms with E-state index in [2.05, 4.69) is 17.4 Å². The van der Waals surface area contributed by atoms with Crippen LogP contribution in [0.3, 0.4) is 0 Å². The molecule has 0 unspecified atom stereocenters. The first-order chi connectivity index (χ1) is 9.45. The summed E-state index contributed by atoms with van der Waals surface area (Å²) in [5.74, 6) is -0.0209. The summed E-state index contributed by atoms with van der Waals surface area (Å²) in [5, 5.41) is 2.93. The minimum Gasteiger partial charge on any atom is -0.399 e. The number of amides is 1. The molecule has 0 fully saturated rings. The molecule has 0 aliphatic heterocycles. The third kappa shape index (κ3) is 3.38. The van der Waals surface area contributed by atoms with Crippen molar-refractivity contribution in [1.29, 1.82) is 0 Å². The number of hydrogen-bond acceptors (Lipinski definition) is 2. The Morgan fingerprint density at radius 1 is 1.05 bits per heavy atom. The number of aryl methyl sites for hydroxylation is 3. The Hall–Kier alpha value is -2.29. The monoisotopic (exact) mass is 268 g/mol. The molecule has 0 aliphatic rings. The van der Waals surface area contributed by atoms with Crippen molar-refractivity contribution in [3.63, 3.8) is 0 Å². The van der Waals surface area contributed by atoms with Crippen molar-refractivity contribution >= 4 is 17.3 Å². The molecule has 0 saturated heterocycles. The normalized spacial score (nSPS) is 10.3. The van der Waals surface area contributed by atoms with Gasteiger partial charge >= 0.3 is 0 Å². The standard InChI is InChI=1S/C17H20N2O/c1-11-4-5-12(2)14(8-11)9-17(20)19-16-10-15(18)7-6-13(16)3/h4-8,10H,9,18H2,1-3H3,(H,19,20). The fourth-order valence-corrected chi connectivity index (χ4v) is 2.13. The lowest BCUT2D eigenvalue weighted by Gasteiger charge is -2.11. The third-order valence-electron chi connectivity index (χ3n) is 3.39. The molecule has 1 amide bonds. The van der Waals surface area contributed by atoms with Crippen molar-refractivity contribution < 1.29 is 4.79 Å². The van der Waals surface area contributed by atoms with Gasteiger partial charge in [0.1, 0.15) is 0 Å². The van der Waals surface area contributed by atoms with Crippen molar-refractivity contribution in [1.82, 2.24) is 0 Å². The molecule has 0 heterocycles. The number of hydrogen-bond donors (Lipinski definition) is 2. The predicted molar refractivity (Wildman–Crippen MR) is 83.8 cm³/mol. The number of anilines is 2. The Morgan fingerprint density at radius 2 is 1.75 bits per heavy atom. The number of carbonyl (C=O) groups excluding carboxylic acids is 1. The first-order valence-corrected chi connectivity index (χ1v) is 6.68. The third-order valence-corrected chi connectivity index (χ3v) is 3.39. The van der Waals surface area contributed by atoms with Gasteiger partial charge in [-0.1, -0.05) is 29.8 Å². The van der Waals surface area contributed by atoms with Gasteiger partial charge in [0.25, 0.3) is 0 Å². The molecular formula is C17H20N2O. The summed E-state index contributed by atoms with van der Waals surface area (Å²) in [6.45, 7) is 6.00. The van der Waals surface area contributed by atoms with Gasteiger partial charge < -0.3 is 11.1 Å². The molecule has 0 bridgehead atoms. The van der Waals surface area contributed by atoms with E-state index >= 15 is 0 Å². The lowest BCUT2D eigenvalue weighted by Crippen LogP contribution is -2.16. The van der Waals surface area contributed by atoms with Crippen LogP contribution in [0.2, 0.25) is 0 Å². The molecule has 0 saturated carbocycles. The molecule has 0 aliphatic carbocycles. The minimum atomic E-state index is -0.0209. The maximum Gasteiger partial charge on any atom is 0.228 e. The van der Waals surface area contributed by atoms with Crippen LogP contribution in [0.5, 0.6) is 0 Å². The van der Waals surface area contributed by atoms with E-state index in [4.69, 9.17) is 5.73 Å². The summed E-state index contributed by atoms with van der Waals surface area (Å²) in [4.78, 5) is 12.2. The van der Waals surface area contributed by atoms with Crippen molar-refractivity contribution in [2.75, 3.05) is 11.1 Å². The number of carbonyl (C=O) groups is 1. The molecule has 0 atom stereocenters. The van der Waals surface area contributed by atoms with E-state index in [1.807, 2.05) is 39.0 Å². The smallest absolute Gasteiger partial charge is 0.228 e. The van der Waals surface area contributed by atoms with Crippen LogP contribution in [0.15, 0.2) is 36.4 Å². The highest BCUT2D eigenvalue weighted by Gasteiger charge is 2.08. The Balaban J connectivity index is 2.13. The number of nitrogens with two attached hydrogens (primary N) is 1. The van der Waals surface area contributed by atoms with Gasteiger partial charge in [0, 0.05) is 11.4 Å². The van der Waals surface area contributed by atoms with Gasteiger partial charge in [-0.05, 0) is 49.6 Å². The number of nitrogens with one attached hydrogen (secondary N) is 1. The van der Waals surface area contributed by atoms with Crippen LogP contribution in [0, 0.1) is 20.8 Å². The first kappa shape index (κ1) is 14.1. The average Bonchev–Trinajstić information content (AvgIpc) is 2.38. The zero-order valence-corrected chi connectivity index (χ0v) is 12.2. The number of rotatable bonds is 3. The van der Waals surface area contributed by atoms with Crippen molar-refractivity contribution in [2.45, 2.75) is 27.2 Å². The number of benzene rings is 2. The molecule has 3 nitrogen and oxygen atoms in total.